The number of aromatic amines is 1. The Balaban J connectivity index is 1.13. The van der Waals surface area contributed by atoms with Crippen molar-refractivity contribution in [1.29, 1.82) is 0 Å². The summed E-state index contributed by atoms with van der Waals surface area (Å²) in [6.07, 6.45) is 7.86. The first-order valence-corrected chi connectivity index (χ1v) is 15.4. The molecule has 224 valence electrons. The summed E-state index contributed by atoms with van der Waals surface area (Å²) in [5.41, 5.74) is 5.35. The van der Waals surface area contributed by atoms with E-state index in [-0.39, 0.29) is 5.91 Å². The van der Waals surface area contributed by atoms with E-state index in [0.29, 0.717) is 34.8 Å². The van der Waals surface area contributed by atoms with Gasteiger partial charge >= 0.3 is 0 Å². The Hall–Kier alpha value is -3.98. The third-order valence-corrected chi connectivity index (χ3v) is 9.67. The second-order valence-electron chi connectivity index (χ2n) is 12.8. The molecule has 7 rings (SSSR count). The zero-order valence-electron chi connectivity index (χ0n) is 24.6. The standard InChI is InChI=1S/C34H38F2N6O/c1-41-12-14-42(15-13-41)27-3-4-28(31(21-27)37-26-6-8-34(9-7-26)10-11-34)33(43)38-32-29-19-22(2-5-30(29)39-40-32)16-23-17-24(35)20-25(36)18-23/h2-5,17-21,26,37H,6-16H2,1H3,(H2,38,39,40,43). The van der Waals surface area contributed by atoms with Gasteiger partial charge in [-0.1, -0.05) is 6.07 Å². The quantitative estimate of drug-likeness (QED) is 0.229. The van der Waals surface area contributed by atoms with Crippen LogP contribution in [0, 0.1) is 17.0 Å². The van der Waals surface area contributed by atoms with E-state index in [0.717, 1.165) is 72.9 Å². The van der Waals surface area contributed by atoms with E-state index >= 15 is 0 Å². The number of halogens is 2. The molecule has 43 heavy (non-hydrogen) atoms. The van der Waals surface area contributed by atoms with Crippen molar-refractivity contribution in [2.24, 2.45) is 5.41 Å². The lowest BCUT2D eigenvalue weighted by Crippen LogP contribution is -2.44. The Labute approximate surface area is 250 Å². The van der Waals surface area contributed by atoms with Gasteiger partial charge in [-0.2, -0.15) is 5.10 Å². The molecule has 1 amide bonds. The van der Waals surface area contributed by atoms with E-state index < -0.39 is 11.6 Å². The molecular weight excluding hydrogens is 546 g/mol. The van der Waals surface area contributed by atoms with Crippen LogP contribution in [0.4, 0.5) is 26.0 Å². The first kappa shape index (κ1) is 27.8. The van der Waals surface area contributed by atoms with Gasteiger partial charge in [0.2, 0.25) is 0 Å². The molecule has 3 aliphatic rings. The van der Waals surface area contributed by atoms with Gasteiger partial charge in [-0.3, -0.25) is 9.89 Å². The van der Waals surface area contributed by atoms with Crippen LogP contribution >= 0.6 is 0 Å². The molecule has 3 fully saturated rings. The van der Waals surface area contributed by atoms with Crippen molar-refractivity contribution in [2.75, 3.05) is 48.8 Å². The van der Waals surface area contributed by atoms with Gasteiger partial charge in [0.25, 0.3) is 5.91 Å². The van der Waals surface area contributed by atoms with Crippen LogP contribution in [0.1, 0.15) is 60.0 Å². The second-order valence-corrected chi connectivity index (χ2v) is 12.8. The predicted molar refractivity (Wildman–Crippen MR) is 167 cm³/mol. The topological polar surface area (TPSA) is 76.3 Å². The maximum absolute atomic E-state index is 13.8. The van der Waals surface area contributed by atoms with Crippen LogP contribution in [-0.4, -0.2) is 60.3 Å². The van der Waals surface area contributed by atoms with Crippen LogP contribution < -0.4 is 15.5 Å². The van der Waals surface area contributed by atoms with Gasteiger partial charge in [-0.05, 0) is 111 Å². The number of fused-ring (bicyclic) bond motifs is 1. The third kappa shape index (κ3) is 6.09. The van der Waals surface area contributed by atoms with Gasteiger partial charge in [0.15, 0.2) is 5.82 Å². The van der Waals surface area contributed by atoms with E-state index in [1.165, 1.54) is 37.8 Å². The number of piperazine rings is 1. The smallest absolute Gasteiger partial charge is 0.258 e. The monoisotopic (exact) mass is 584 g/mol. The fraction of sp³-hybridized carbons (Fsp3) is 0.412. The van der Waals surface area contributed by atoms with Crippen LogP contribution in [0.3, 0.4) is 0 Å². The van der Waals surface area contributed by atoms with Crippen molar-refractivity contribution >= 4 is 34.0 Å². The van der Waals surface area contributed by atoms with Crippen LogP contribution in [0.15, 0.2) is 54.6 Å². The fourth-order valence-corrected chi connectivity index (χ4v) is 6.77. The normalized spacial score (nSPS) is 18.7. The zero-order chi connectivity index (χ0) is 29.6. The minimum absolute atomic E-state index is 0.229. The summed E-state index contributed by atoms with van der Waals surface area (Å²) in [7, 11) is 2.15. The van der Waals surface area contributed by atoms with Crippen molar-refractivity contribution in [1.82, 2.24) is 15.1 Å². The van der Waals surface area contributed by atoms with E-state index in [2.05, 4.69) is 43.7 Å². The molecule has 2 aliphatic carbocycles. The molecule has 1 aliphatic heterocycles. The Morgan fingerprint density at radius 2 is 1.67 bits per heavy atom. The number of nitrogens with zero attached hydrogens (tertiary/aromatic N) is 3. The van der Waals surface area contributed by atoms with Gasteiger partial charge in [-0.15, -0.1) is 0 Å². The Bertz CT molecular complexity index is 1630. The molecule has 0 unspecified atom stereocenters. The summed E-state index contributed by atoms with van der Waals surface area (Å²) in [5, 5.41) is 14.9. The summed E-state index contributed by atoms with van der Waals surface area (Å²) in [5.74, 6) is -1.01. The molecule has 4 aromatic rings. The lowest BCUT2D eigenvalue weighted by atomic mass is 9.83. The molecule has 1 saturated heterocycles. The number of carbonyl (C=O) groups is 1. The molecular formula is C34H38F2N6O. The summed E-state index contributed by atoms with van der Waals surface area (Å²) in [6.45, 7) is 3.94. The lowest BCUT2D eigenvalue weighted by molar-refractivity contribution is 0.102. The van der Waals surface area contributed by atoms with E-state index in [9.17, 15) is 13.6 Å². The van der Waals surface area contributed by atoms with Gasteiger partial charge in [0.1, 0.15) is 11.6 Å². The first-order chi connectivity index (χ1) is 20.8. The SMILES string of the molecule is CN1CCN(c2ccc(C(=O)Nc3n[nH]c4ccc(Cc5cc(F)cc(F)c5)cc34)c(NC3CCC4(CC3)CC4)c2)CC1. The summed E-state index contributed by atoms with van der Waals surface area (Å²) >= 11 is 0. The first-order valence-electron chi connectivity index (χ1n) is 15.4. The molecule has 2 heterocycles. The number of nitrogens with one attached hydrogen (secondary N) is 3. The predicted octanol–water partition coefficient (Wildman–Crippen LogP) is 6.57. The summed E-state index contributed by atoms with van der Waals surface area (Å²) in [6, 6.07) is 15.7. The molecule has 0 radical (unpaired) electrons. The Morgan fingerprint density at radius 1 is 0.930 bits per heavy atom. The average Bonchev–Trinajstić information content (AvgIpc) is 3.64. The molecule has 1 spiro atoms. The third-order valence-electron chi connectivity index (χ3n) is 9.67. The maximum Gasteiger partial charge on any atom is 0.258 e. The number of benzene rings is 3. The highest BCUT2D eigenvalue weighted by atomic mass is 19.1. The Morgan fingerprint density at radius 3 is 2.40 bits per heavy atom. The number of anilines is 3. The van der Waals surface area contributed by atoms with Gasteiger partial charge in [0, 0.05) is 55.0 Å². The largest absolute Gasteiger partial charge is 0.382 e. The van der Waals surface area contributed by atoms with Crippen molar-refractivity contribution in [3.63, 3.8) is 0 Å². The average molecular weight is 585 g/mol. The van der Waals surface area contributed by atoms with E-state index in [4.69, 9.17) is 0 Å². The highest BCUT2D eigenvalue weighted by molar-refractivity contribution is 6.11. The van der Waals surface area contributed by atoms with Crippen LogP contribution in [-0.2, 0) is 6.42 Å². The maximum atomic E-state index is 13.8. The number of amides is 1. The number of aromatic nitrogens is 2. The molecule has 0 bridgehead atoms. The summed E-state index contributed by atoms with van der Waals surface area (Å²) in [4.78, 5) is 18.5. The highest BCUT2D eigenvalue weighted by Crippen LogP contribution is 2.56. The number of hydrogen-bond acceptors (Lipinski definition) is 5. The number of likely N-dealkylation sites (N-methyl/N-ethyl adjacent to an activating group) is 1. The molecule has 7 nitrogen and oxygen atoms in total. The molecule has 2 saturated carbocycles. The van der Waals surface area contributed by atoms with Crippen molar-refractivity contribution in [3.05, 3.63) is 82.9 Å². The second kappa shape index (κ2) is 11.3. The van der Waals surface area contributed by atoms with E-state index in [1.54, 1.807) is 0 Å². The number of carbonyl (C=O) groups excluding carboxylic acids is 1. The van der Waals surface area contributed by atoms with Gasteiger partial charge in [0.05, 0.1) is 11.1 Å². The molecule has 9 heteroatoms. The minimum atomic E-state index is -0.601. The van der Waals surface area contributed by atoms with Crippen LogP contribution in [0.2, 0.25) is 0 Å². The van der Waals surface area contributed by atoms with Gasteiger partial charge in [-0.25, -0.2) is 8.78 Å². The highest BCUT2D eigenvalue weighted by Gasteiger charge is 2.44. The molecule has 3 aromatic carbocycles. The minimum Gasteiger partial charge on any atom is -0.382 e. The van der Waals surface area contributed by atoms with E-state index in [1.807, 2.05) is 30.3 Å². The zero-order valence-corrected chi connectivity index (χ0v) is 24.6. The van der Waals surface area contributed by atoms with Crippen molar-refractivity contribution < 1.29 is 13.6 Å². The fourth-order valence-electron chi connectivity index (χ4n) is 6.77. The molecule has 1 aromatic heterocycles. The van der Waals surface area contributed by atoms with Crippen molar-refractivity contribution in [2.45, 2.75) is 51.0 Å². The van der Waals surface area contributed by atoms with Crippen LogP contribution in [0.25, 0.3) is 10.9 Å². The lowest BCUT2D eigenvalue weighted by Gasteiger charge is -2.35. The van der Waals surface area contributed by atoms with Gasteiger partial charge < -0.3 is 20.4 Å². The number of rotatable bonds is 7. The van der Waals surface area contributed by atoms with Crippen LogP contribution in [0.5, 0.6) is 0 Å². The van der Waals surface area contributed by atoms with Crippen molar-refractivity contribution in [3.8, 4) is 0 Å². The molecule has 0 atom stereocenters. The Kier molecular flexibility index (Phi) is 7.29. The number of hydrogen-bond donors (Lipinski definition) is 3. The molecule has 3 N–H and O–H groups in total. The number of H-pyrrole nitrogens is 1. The summed E-state index contributed by atoms with van der Waals surface area (Å²) < 4.78 is 27.5.